The minimum Gasteiger partial charge on any atom is -0.391 e. The number of para-hydroxylation sites is 1. The number of nitrogens with zero attached hydrogens (tertiary/aromatic N) is 2. The summed E-state index contributed by atoms with van der Waals surface area (Å²) in [5.41, 5.74) is 6.80. The minimum atomic E-state index is -0.494. The lowest BCUT2D eigenvalue weighted by atomic mass is 9.94. The van der Waals surface area contributed by atoms with E-state index in [-0.39, 0.29) is 11.8 Å². The second-order valence-electron chi connectivity index (χ2n) is 8.37. The van der Waals surface area contributed by atoms with Crippen LogP contribution in [0.3, 0.4) is 0 Å². The van der Waals surface area contributed by atoms with Gasteiger partial charge < -0.3 is 10.0 Å². The Morgan fingerprint density at radius 2 is 1.83 bits per heavy atom. The average molecular weight is 389 g/mol. The number of aliphatic hydroxyl groups is 1. The highest BCUT2D eigenvalue weighted by Crippen LogP contribution is 2.26. The first-order valence-corrected chi connectivity index (χ1v) is 10.3. The number of aromatic nitrogens is 1. The van der Waals surface area contributed by atoms with Gasteiger partial charge in [0.25, 0.3) is 0 Å². The number of carbonyl (C=O) groups excluding carboxylic acids is 1. The molecule has 3 aromatic rings. The van der Waals surface area contributed by atoms with Gasteiger partial charge in [-0.2, -0.15) is 0 Å². The molecule has 0 aliphatic carbocycles. The van der Waals surface area contributed by atoms with Gasteiger partial charge in [-0.15, -0.1) is 0 Å². The Labute approximate surface area is 172 Å². The molecule has 29 heavy (non-hydrogen) atoms. The fourth-order valence-corrected chi connectivity index (χ4v) is 4.63. The van der Waals surface area contributed by atoms with Crippen molar-refractivity contribution in [3.8, 4) is 0 Å². The van der Waals surface area contributed by atoms with Crippen molar-refractivity contribution in [1.82, 2.24) is 9.88 Å². The van der Waals surface area contributed by atoms with Gasteiger partial charge in [0.2, 0.25) is 5.91 Å². The zero-order valence-corrected chi connectivity index (χ0v) is 17.4. The molecule has 4 heteroatoms. The standard InChI is InChI=1S/C25H28N2O2/c1-16-10-17(2)22(18(3)11-16)13-25(29)27-14-20(24(28)15-27)12-19-8-9-26-23-7-5-4-6-21(19)23/h4-11,20,24,28H,12-15H2,1-3H3. The fourth-order valence-electron chi connectivity index (χ4n) is 4.63. The Bertz CT molecular complexity index is 1030. The first-order chi connectivity index (χ1) is 13.9. The maximum atomic E-state index is 13.0. The molecular weight excluding hydrogens is 360 g/mol. The SMILES string of the molecule is Cc1cc(C)c(CC(=O)N2CC(O)C(Cc3ccnc4ccccc34)C2)c(C)c1. The second kappa shape index (κ2) is 7.96. The number of amides is 1. The predicted octanol–water partition coefficient (Wildman–Crippen LogP) is 3.76. The molecule has 0 spiro atoms. The Morgan fingerprint density at radius 3 is 2.59 bits per heavy atom. The highest BCUT2D eigenvalue weighted by molar-refractivity contribution is 5.82. The van der Waals surface area contributed by atoms with Crippen molar-refractivity contribution in [2.24, 2.45) is 5.92 Å². The van der Waals surface area contributed by atoms with Gasteiger partial charge in [0.1, 0.15) is 0 Å². The molecule has 150 valence electrons. The first-order valence-electron chi connectivity index (χ1n) is 10.3. The van der Waals surface area contributed by atoms with E-state index in [4.69, 9.17) is 0 Å². The number of carbonyl (C=O) groups is 1. The van der Waals surface area contributed by atoms with Crippen LogP contribution in [0, 0.1) is 26.7 Å². The van der Waals surface area contributed by atoms with Gasteiger partial charge in [-0.1, -0.05) is 35.9 Å². The van der Waals surface area contributed by atoms with Crippen molar-refractivity contribution in [1.29, 1.82) is 0 Å². The van der Waals surface area contributed by atoms with Crippen molar-refractivity contribution < 1.29 is 9.90 Å². The van der Waals surface area contributed by atoms with E-state index < -0.39 is 6.10 Å². The van der Waals surface area contributed by atoms with Crippen LogP contribution in [0.2, 0.25) is 0 Å². The van der Waals surface area contributed by atoms with Crippen LogP contribution in [0.4, 0.5) is 0 Å². The number of pyridine rings is 1. The summed E-state index contributed by atoms with van der Waals surface area (Å²) in [5.74, 6) is 0.145. The van der Waals surface area contributed by atoms with Crippen molar-refractivity contribution >= 4 is 16.8 Å². The molecule has 1 aliphatic rings. The van der Waals surface area contributed by atoms with Gasteiger partial charge in [-0.05, 0) is 61.6 Å². The summed E-state index contributed by atoms with van der Waals surface area (Å²) in [6, 6.07) is 14.4. The zero-order chi connectivity index (χ0) is 20.5. The summed E-state index contributed by atoms with van der Waals surface area (Å²) in [6.45, 7) is 7.23. The number of aliphatic hydroxyl groups excluding tert-OH is 1. The van der Waals surface area contributed by atoms with E-state index in [1.807, 2.05) is 35.4 Å². The number of likely N-dealkylation sites (tertiary alicyclic amines) is 1. The summed E-state index contributed by atoms with van der Waals surface area (Å²) < 4.78 is 0. The largest absolute Gasteiger partial charge is 0.391 e. The van der Waals surface area contributed by atoms with Gasteiger partial charge in [0.15, 0.2) is 0 Å². The van der Waals surface area contributed by atoms with E-state index >= 15 is 0 Å². The van der Waals surface area contributed by atoms with E-state index in [9.17, 15) is 9.90 Å². The molecule has 1 fully saturated rings. The number of benzene rings is 2. The number of aryl methyl sites for hydroxylation is 3. The van der Waals surface area contributed by atoms with Crippen molar-refractivity contribution in [3.05, 3.63) is 76.5 Å². The molecule has 0 bridgehead atoms. The Balaban J connectivity index is 1.48. The third-order valence-electron chi connectivity index (χ3n) is 6.15. The molecular formula is C25H28N2O2. The first kappa shape index (κ1) is 19.6. The van der Waals surface area contributed by atoms with E-state index in [0.717, 1.165) is 34.0 Å². The number of hydrogen-bond donors (Lipinski definition) is 1. The lowest BCUT2D eigenvalue weighted by Crippen LogP contribution is -2.31. The topological polar surface area (TPSA) is 53.4 Å². The number of fused-ring (bicyclic) bond motifs is 1. The predicted molar refractivity (Wildman–Crippen MR) is 116 cm³/mol. The Morgan fingerprint density at radius 1 is 1.10 bits per heavy atom. The van der Waals surface area contributed by atoms with Crippen molar-refractivity contribution in [3.63, 3.8) is 0 Å². The second-order valence-corrected chi connectivity index (χ2v) is 8.37. The maximum absolute atomic E-state index is 13.0. The zero-order valence-electron chi connectivity index (χ0n) is 17.4. The molecule has 1 N–H and O–H groups in total. The van der Waals surface area contributed by atoms with Crippen LogP contribution in [0.5, 0.6) is 0 Å². The van der Waals surface area contributed by atoms with Gasteiger partial charge in [0.05, 0.1) is 18.0 Å². The molecule has 2 heterocycles. The molecule has 2 atom stereocenters. The van der Waals surface area contributed by atoms with Crippen molar-refractivity contribution in [2.75, 3.05) is 13.1 Å². The quantitative estimate of drug-likeness (QED) is 0.740. The van der Waals surface area contributed by atoms with Crippen LogP contribution in [0.1, 0.15) is 27.8 Å². The smallest absolute Gasteiger partial charge is 0.227 e. The molecule has 1 aliphatic heterocycles. The fraction of sp³-hybridized carbons (Fsp3) is 0.360. The lowest BCUT2D eigenvalue weighted by Gasteiger charge is -2.18. The summed E-state index contributed by atoms with van der Waals surface area (Å²) in [6.07, 6.45) is 2.47. The summed E-state index contributed by atoms with van der Waals surface area (Å²) in [5, 5.41) is 11.8. The van der Waals surface area contributed by atoms with Crippen LogP contribution in [-0.4, -0.2) is 40.1 Å². The molecule has 0 saturated carbocycles. The van der Waals surface area contributed by atoms with Gasteiger partial charge >= 0.3 is 0 Å². The Kier molecular flexibility index (Phi) is 5.37. The van der Waals surface area contributed by atoms with Crippen LogP contribution in [0.25, 0.3) is 10.9 Å². The average Bonchev–Trinajstić information content (AvgIpc) is 3.05. The molecule has 4 rings (SSSR count). The highest BCUT2D eigenvalue weighted by atomic mass is 16.3. The monoisotopic (exact) mass is 388 g/mol. The van der Waals surface area contributed by atoms with Crippen LogP contribution < -0.4 is 0 Å². The molecule has 0 radical (unpaired) electrons. The van der Waals surface area contributed by atoms with Crippen LogP contribution in [0.15, 0.2) is 48.7 Å². The van der Waals surface area contributed by atoms with Gasteiger partial charge in [-0.3, -0.25) is 9.78 Å². The Hall–Kier alpha value is -2.72. The van der Waals surface area contributed by atoms with Crippen molar-refractivity contribution in [2.45, 2.75) is 39.7 Å². The van der Waals surface area contributed by atoms with E-state index in [0.29, 0.717) is 19.5 Å². The number of β-amino-alcohol motifs (C(OH)–C–C–N with tert-alkyl or cyclic N) is 1. The maximum Gasteiger partial charge on any atom is 0.227 e. The lowest BCUT2D eigenvalue weighted by molar-refractivity contribution is -0.129. The van der Waals surface area contributed by atoms with Gasteiger partial charge in [0, 0.05) is 30.6 Å². The normalized spacial score (nSPS) is 19.1. The molecule has 1 saturated heterocycles. The van der Waals surface area contributed by atoms with E-state index in [2.05, 4.69) is 44.0 Å². The number of rotatable bonds is 4. The van der Waals surface area contributed by atoms with Crippen LogP contribution in [-0.2, 0) is 17.6 Å². The summed E-state index contributed by atoms with van der Waals surface area (Å²) >= 11 is 0. The molecule has 1 aromatic heterocycles. The highest BCUT2D eigenvalue weighted by Gasteiger charge is 2.34. The molecule has 2 aromatic carbocycles. The molecule has 4 nitrogen and oxygen atoms in total. The van der Waals surface area contributed by atoms with E-state index in [1.165, 1.54) is 11.1 Å². The summed E-state index contributed by atoms with van der Waals surface area (Å²) in [7, 11) is 0. The third kappa shape index (κ3) is 4.03. The van der Waals surface area contributed by atoms with E-state index in [1.54, 1.807) is 0 Å². The van der Waals surface area contributed by atoms with Crippen LogP contribution >= 0.6 is 0 Å². The third-order valence-corrected chi connectivity index (χ3v) is 6.15. The number of hydrogen-bond acceptors (Lipinski definition) is 3. The molecule has 2 unspecified atom stereocenters. The van der Waals surface area contributed by atoms with Gasteiger partial charge in [-0.25, -0.2) is 0 Å². The minimum absolute atomic E-state index is 0.0463. The summed E-state index contributed by atoms with van der Waals surface area (Å²) in [4.78, 5) is 19.2. The molecule has 1 amide bonds.